The third kappa shape index (κ3) is 1.89. The lowest BCUT2D eigenvalue weighted by atomic mass is 10.0. The van der Waals surface area contributed by atoms with E-state index in [1.54, 1.807) is 6.07 Å². The number of nitrogens with one attached hydrogen (secondary N) is 1. The van der Waals surface area contributed by atoms with Crippen molar-refractivity contribution < 1.29 is 4.79 Å². The first kappa shape index (κ1) is 11.2. The van der Waals surface area contributed by atoms with Crippen molar-refractivity contribution in [2.75, 3.05) is 11.1 Å². The number of nitrogens with zero attached hydrogens (tertiary/aromatic N) is 4. The second kappa shape index (κ2) is 4.10. The van der Waals surface area contributed by atoms with Gasteiger partial charge in [0, 0.05) is 12.1 Å². The highest BCUT2D eigenvalue weighted by Gasteiger charge is 2.17. The number of hydrogen-bond donors (Lipinski definition) is 2. The molecular formula is C12H10N6O. The van der Waals surface area contributed by atoms with Crippen LogP contribution in [0.1, 0.15) is 17.8 Å². The highest BCUT2D eigenvalue weighted by molar-refractivity contribution is 5.95. The lowest BCUT2D eigenvalue weighted by Gasteiger charge is -2.18. The van der Waals surface area contributed by atoms with E-state index < -0.39 is 0 Å². The van der Waals surface area contributed by atoms with E-state index >= 15 is 0 Å². The Kier molecular flexibility index (Phi) is 2.42. The number of carbonyl (C=O) groups is 1. The summed E-state index contributed by atoms with van der Waals surface area (Å²) in [5, 5.41) is 15.5. The maximum Gasteiger partial charge on any atom is 0.252 e. The Morgan fingerprint density at radius 1 is 1.42 bits per heavy atom. The van der Waals surface area contributed by atoms with Crippen molar-refractivity contribution in [2.24, 2.45) is 0 Å². The Hall–Kier alpha value is -2.88. The molecule has 7 heteroatoms. The molecule has 0 radical (unpaired) electrons. The molecule has 3 rings (SSSR count). The van der Waals surface area contributed by atoms with Gasteiger partial charge in [-0.25, -0.2) is 9.67 Å². The monoisotopic (exact) mass is 254 g/mol. The molecule has 2 heterocycles. The summed E-state index contributed by atoms with van der Waals surface area (Å²) in [6.45, 7) is 0. The number of benzene rings is 1. The zero-order chi connectivity index (χ0) is 13.4. The maximum atomic E-state index is 11.4. The minimum Gasteiger partial charge on any atom is -0.397 e. The molecule has 1 aliphatic rings. The van der Waals surface area contributed by atoms with Gasteiger partial charge in [0.05, 0.1) is 11.4 Å². The number of anilines is 2. The Bertz CT molecular complexity index is 711. The summed E-state index contributed by atoms with van der Waals surface area (Å²) >= 11 is 0. The number of carbonyl (C=O) groups excluding carboxylic acids is 1. The Morgan fingerprint density at radius 2 is 2.26 bits per heavy atom. The molecule has 0 saturated heterocycles. The fourth-order valence-electron chi connectivity index (χ4n) is 2.07. The molecule has 1 aromatic heterocycles. The van der Waals surface area contributed by atoms with Crippen LogP contribution in [0, 0.1) is 11.3 Å². The van der Waals surface area contributed by atoms with Crippen molar-refractivity contribution in [1.82, 2.24) is 14.8 Å². The van der Waals surface area contributed by atoms with Gasteiger partial charge in [-0.1, -0.05) is 0 Å². The molecule has 1 aromatic carbocycles. The second-order valence-electron chi connectivity index (χ2n) is 4.24. The van der Waals surface area contributed by atoms with Gasteiger partial charge >= 0.3 is 0 Å². The van der Waals surface area contributed by atoms with Gasteiger partial charge in [0.15, 0.2) is 0 Å². The first-order valence-corrected chi connectivity index (χ1v) is 5.72. The van der Waals surface area contributed by atoms with Crippen molar-refractivity contribution >= 4 is 17.3 Å². The summed E-state index contributed by atoms with van der Waals surface area (Å²) in [6, 6.07) is 5.42. The van der Waals surface area contributed by atoms with Crippen LogP contribution in [-0.2, 0) is 11.2 Å². The first-order valence-electron chi connectivity index (χ1n) is 5.72. The third-order valence-corrected chi connectivity index (χ3v) is 2.99. The van der Waals surface area contributed by atoms with Crippen molar-refractivity contribution in [2.45, 2.75) is 12.8 Å². The minimum atomic E-state index is -0.0143. The number of fused-ring (bicyclic) bond motifs is 1. The van der Waals surface area contributed by atoms with Crippen LogP contribution >= 0.6 is 0 Å². The molecule has 0 saturated carbocycles. The second-order valence-corrected chi connectivity index (χ2v) is 4.24. The van der Waals surface area contributed by atoms with Crippen LogP contribution in [0.5, 0.6) is 0 Å². The number of aryl methyl sites for hydroxylation is 1. The number of rotatable bonds is 1. The molecule has 1 aliphatic heterocycles. The Morgan fingerprint density at radius 3 is 3.00 bits per heavy atom. The Labute approximate surface area is 108 Å². The molecule has 0 atom stereocenters. The molecule has 19 heavy (non-hydrogen) atoms. The van der Waals surface area contributed by atoms with Gasteiger partial charge in [0.25, 0.3) is 5.82 Å². The van der Waals surface area contributed by atoms with Crippen LogP contribution < -0.4 is 11.1 Å². The molecule has 94 valence electrons. The summed E-state index contributed by atoms with van der Waals surface area (Å²) in [7, 11) is 0. The molecule has 1 amide bonds. The highest BCUT2D eigenvalue weighted by Crippen LogP contribution is 2.29. The lowest BCUT2D eigenvalue weighted by molar-refractivity contribution is -0.116. The van der Waals surface area contributed by atoms with Crippen molar-refractivity contribution in [3.05, 3.63) is 29.8 Å². The standard InChI is InChI=1S/C12H10N6O/c13-5-11-15-6-18(17-11)10-4-9-7(3-8(10)14)1-2-12(19)16-9/h3-4,6H,1-2,14H2,(H,16,19). The third-order valence-electron chi connectivity index (χ3n) is 2.99. The molecule has 0 aliphatic carbocycles. The summed E-state index contributed by atoms with van der Waals surface area (Å²) in [4.78, 5) is 15.2. The van der Waals surface area contributed by atoms with Gasteiger partial charge in [0.1, 0.15) is 12.4 Å². The van der Waals surface area contributed by atoms with Crippen LogP contribution in [0.2, 0.25) is 0 Å². The van der Waals surface area contributed by atoms with Crippen LogP contribution in [0.4, 0.5) is 11.4 Å². The number of nitrogen functional groups attached to an aromatic ring is 1. The van der Waals surface area contributed by atoms with Crippen LogP contribution in [0.3, 0.4) is 0 Å². The predicted molar refractivity (Wildman–Crippen MR) is 67.4 cm³/mol. The van der Waals surface area contributed by atoms with Crippen molar-refractivity contribution in [1.29, 1.82) is 5.26 Å². The summed E-state index contributed by atoms with van der Waals surface area (Å²) in [5.74, 6) is 0.0562. The average molecular weight is 254 g/mol. The van der Waals surface area contributed by atoms with E-state index in [9.17, 15) is 4.79 Å². The van der Waals surface area contributed by atoms with Crippen molar-refractivity contribution in [3.8, 4) is 11.8 Å². The number of nitriles is 1. The molecule has 0 fully saturated rings. The quantitative estimate of drug-likeness (QED) is 0.724. The molecule has 0 unspecified atom stereocenters. The summed E-state index contributed by atoms with van der Waals surface area (Å²) < 4.78 is 1.43. The van der Waals surface area contributed by atoms with E-state index in [0.717, 1.165) is 11.3 Å². The van der Waals surface area contributed by atoms with Crippen LogP contribution in [0.15, 0.2) is 18.5 Å². The summed E-state index contributed by atoms with van der Waals surface area (Å²) in [5.41, 5.74) is 8.83. The zero-order valence-electron chi connectivity index (χ0n) is 9.92. The molecule has 2 aromatic rings. The fraction of sp³-hybridized carbons (Fsp3) is 0.167. The molecule has 3 N–H and O–H groups in total. The minimum absolute atomic E-state index is 0.0143. The van der Waals surface area contributed by atoms with Gasteiger partial charge < -0.3 is 11.1 Å². The van der Waals surface area contributed by atoms with E-state index in [1.165, 1.54) is 11.0 Å². The number of aromatic nitrogens is 3. The molecule has 0 bridgehead atoms. The zero-order valence-corrected chi connectivity index (χ0v) is 9.92. The van der Waals surface area contributed by atoms with E-state index in [1.807, 2.05) is 12.1 Å². The number of amides is 1. The van der Waals surface area contributed by atoms with Gasteiger partial charge in [-0.2, -0.15) is 5.26 Å². The highest BCUT2D eigenvalue weighted by atomic mass is 16.1. The lowest BCUT2D eigenvalue weighted by Crippen LogP contribution is -2.19. The number of nitrogens with two attached hydrogens (primary N) is 1. The molecule has 7 nitrogen and oxygen atoms in total. The van der Waals surface area contributed by atoms with Gasteiger partial charge in [-0.3, -0.25) is 4.79 Å². The molecule has 0 spiro atoms. The van der Waals surface area contributed by atoms with Gasteiger partial charge in [-0.05, 0) is 24.1 Å². The molecular weight excluding hydrogens is 244 g/mol. The van der Waals surface area contributed by atoms with E-state index in [2.05, 4.69) is 15.4 Å². The number of hydrogen-bond acceptors (Lipinski definition) is 5. The normalized spacial score (nSPS) is 13.5. The van der Waals surface area contributed by atoms with Gasteiger partial charge in [-0.15, -0.1) is 5.10 Å². The van der Waals surface area contributed by atoms with Gasteiger partial charge in [0.2, 0.25) is 5.91 Å². The van der Waals surface area contributed by atoms with Crippen molar-refractivity contribution in [3.63, 3.8) is 0 Å². The van der Waals surface area contributed by atoms with Crippen LogP contribution in [-0.4, -0.2) is 20.7 Å². The smallest absolute Gasteiger partial charge is 0.252 e. The van der Waals surface area contributed by atoms with E-state index in [0.29, 0.717) is 24.2 Å². The fourth-order valence-corrected chi connectivity index (χ4v) is 2.07. The topological polar surface area (TPSA) is 110 Å². The SMILES string of the molecule is N#Cc1ncn(-c2cc3c(cc2N)CCC(=O)N3)n1. The summed E-state index contributed by atoms with van der Waals surface area (Å²) in [6.07, 6.45) is 2.56. The van der Waals surface area contributed by atoms with E-state index in [-0.39, 0.29) is 11.7 Å². The van der Waals surface area contributed by atoms with Crippen LogP contribution in [0.25, 0.3) is 5.69 Å². The Balaban J connectivity index is 2.09. The predicted octanol–water partition coefficient (Wildman–Crippen LogP) is 0.606. The first-order chi connectivity index (χ1) is 9.17. The largest absolute Gasteiger partial charge is 0.397 e. The average Bonchev–Trinajstić information content (AvgIpc) is 2.87. The van der Waals surface area contributed by atoms with E-state index in [4.69, 9.17) is 11.0 Å². The maximum absolute atomic E-state index is 11.4.